The Bertz CT molecular complexity index is 1330. The maximum absolute atomic E-state index is 12.7. The first-order chi connectivity index (χ1) is 19.9. The summed E-state index contributed by atoms with van der Waals surface area (Å²) < 4.78 is 10.9. The molecular formula is C32H41ClN2O7. The molecule has 1 heterocycles. The first-order valence-corrected chi connectivity index (χ1v) is 15.5. The predicted octanol–water partition coefficient (Wildman–Crippen LogP) is 3.84. The van der Waals surface area contributed by atoms with Crippen molar-refractivity contribution in [2.24, 2.45) is 33.7 Å². The zero-order valence-electron chi connectivity index (χ0n) is 24.3. The van der Waals surface area contributed by atoms with Crippen molar-refractivity contribution in [1.29, 1.82) is 0 Å². The van der Waals surface area contributed by atoms with E-state index in [-0.39, 0.29) is 36.8 Å². The number of hydrogen-bond acceptors (Lipinski definition) is 8. The van der Waals surface area contributed by atoms with Crippen molar-refractivity contribution in [3.05, 3.63) is 40.4 Å². The van der Waals surface area contributed by atoms with Crippen LogP contribution in [-0.2, 0) is 14.3 Å². The molecule has 0 saturated heterocycles. The molecule has 5 aliphatic rings. The molecule has 1 aromatic carbocycles. The van der Waals surface area contributed by atoms with Gasteiger partial charge in [0.05, 0.1) is 17.3 Å². The highest BCUT2D eigenvalue weighted by molar-refractivity contribution is 6.30. The van der Waals surface area contributed by atoms with E-state index in [9.17, 15) is 24.9 Å². The van der Waals surface area contributed by atoms with E-state index in [1.54, 1.807) is 30.5 Å². The van der Waals surface area contributed by atoms with Gasteiger partial charge in [-0.3, -0.25) is 4.79 Å². The minimum atomic E-state index is -1.20. The number of carbonyl (C=O) groups is 2. The number of aliphatic hydroxyl groups excluding tert-OH is 1. The lowest BCUT2D eigenvalue weighted by molar-refractivity contribution is -0.237. The highest BCUT2D eigenvalue weighted by Gasteiger charge is 2.71. The Kier molecular flexibility index (Phi) is 7.48. The fraction of sp³-hybridized carbons (Fsp3) is 0.656. The van der Waals surface area contributed by atoms with Crippen molar-refractivity contribution in [1.82, 2.24) is 5.43 Å². The maximum atomic E-state index is 12.7. The molecule has 9 nitrogen and oxygen atoms in total. The molecule has 0 radical (unpaired) electrons. The van der Waals surface area contributed by atoms with Crippen molar-refractivity contribution >= 4 is 29.7 Å². The zero-order valence-corrected chi connectivity index (χ0v) is 25.0. The average Bonchev–Trinajstić information content (AvgIpc) is 3.48. The van der Waals surface area contributed by atoms with Gasteiger partial charge < -0.3 is 24.8 Å². The van der Waals surface area contributed by atoms with Crippen molar-refractivity contribution < 1.29 is 34.4 Å². The third kappa shape index (κ3) is 4.59. The first-order valence-electron chi connectivity index (χ1n) is 15.1. The van der Waals surface area contributed by atoms with Crippen LogP contribution in [0.25, 0.3) is 0 Å². The van der Waals surface area contributed by atoms with Gasteiger partial charge in [0.2, 0.25) is 0 Å². The van der Waals surface area contributed by atoms with Gasteiger partial charge in [0, 0.05) is 34.6 Å². The summed E-state index contributed by atoms with van der Waals surface area (Å²) in [5.41, 5.74) is 0.974. The fourth-order valence-electron chi connectivity index (χ4n) is 9.53. The molecule has 0 bridgehead atoms. The van der Waals surface area contributed by atoms with Crippen LogP contribution >= 0.6 is 11.6 Å². The second kappa shape index (κ2) is 10.6. The highest BCUT2D eigenvalue weighted by atomic mass is 35.5. The van der Waals surface area contributed by atoms with E-state index < -0.39 is 34.0 Å². The lowest BCUT2D eigenvalue weighted by Gasteiger charge is -2.65. The molecule has 228 valence electrons. The molecule has 42 heavy (non-hydrogen) atoms. The maximum Gasteiger partial charge on any atom is 0.331 e. The fourth-order valence-corrected chi connectivity index (χ4v) is 9.76. The van der Waals surface area contributed by atoms with Crippen molar-refractivity contribution in [3.8, 4) is 5.75 Å². The molecule has 4 fully saturated rings. The summed E-state index contributed by atoms with van der Waals surface area (Å²) in [5, 5.41) is 40.2. The van der Waals surface area contributed by atoms with Crippen molar-refractivity contribution in [2.75, 3.05) is 13.2 Å². The van der Waals surface area contributed by atoms with Gasteiger partial charge in [0.1, 0.15) is 12.4 Å². The van der Waals surface area contributed by atoms with Crippen LogP contribution in [0.2, 0.25) is 5.02 Å². The number of ether oxygens (including phenoxy) is 2. The number of aryl methyl sites for hydroxylation is 1. The summed E-state index contributed by atoms with van der Waals surface area (Å²) in [4.78, 5) is 24.5. The number of cyclic esters (lactones) is 1. The van der Waals surface area contributed by atoms with E-state index in [0.29, 0.717) is 49.5 Å². The average molecular weight is 601 g/mol. The molecule has 4 N–H and O–H groups in total. The molecule has 6 rings (SSSR count). The Morgan fingerprint density at radius 3 is 2.69 bits per heavy atom. The quantitative estimate of drug-likeness (QED) is 0.221. The van der Waals surface area contributed by atoms with E-state index in [0.717, 1.165) is 30.4 Å². The van der Waals surface area contributed by atoms with Crippen LogP contribution in [0.3, 0.4) is 0 Å². The number of hydrogen-bond donors (Lipinski definition) is 4. The summed E-state index contributed by atoms with van der Waals surface area (Å²) in [6, 6.07) is 5.17. The smallest absolute Gasteiger partial charge is 0.331 e. The zero-order chi connectivity index (χ0) is 29.9. The monoisotopic (exact) mass is 600 g/mol. The Labute approximate surface area is 251 Å². The Hall–Kier alpha value is -2.46. The highest BCUT2D eigenvalue weighted by Crippen LogP contribution is 2.70. The van der Waals surface area contributed by atoms with Gasteiger partial charge in [0.15, 0.2) is 6.61 Å². The number of nitrogens with zero attached hydrogens (tertiary/aromatic N) is 1. The van der Waals surface area contributed by atoms with E-state index in [1.807, 2.05) is 6.92 Å². The molecule has 4 aliphatic carbocycles. The van der Waals surface area contributed by atoms with Crippen LogP contribution in [0.1, 0.15) is 70.3 Å². The lowest BCUT2D eigenvalue weighted by atomic mass is 9.41. The van der Waals surface area contributed by atoms with Crippen LogP contribution in [0.5, 0.6) is 5.75 Å². The van der Waals surface area contributed by atoms with Gasteiger partial charge in [-0.2, -0.15) is 5.10 Å². The van der Waals surface area contributed by atoms with Crippen LogP contribution in [0.15, 0.2) is 34.9 Å². The van der Waals surface area contributed by atoms with Gasteiger partial charge in [0.25, 0.3) is 5.91 Å². The molecule has 0 spiro atoms. The minimum Gasteiger partial charge on any atom is -0.483 e. The van der Waals surface area contributed by atoms with E-state index >= 15 is 0 Å². The van der Waals surface area contributed by atoms with Gasteiger partial charge in [-0.1, -0.05) is 18.5 Å². The summed E-state index contributed by atoms with van der Waals surface area (Å²) >= 11 is 6.01. The Morgan fingerprint density at radius 1 is 1.17 bits per heavy atom. The Morgan fingerprint density at radius 2 is 1.95 bits per heavy atom. The number of halogens is 1. The summed E-state index contributed by atoms with van der Waals surface area (Å²) in [6.07, 6.45) is 7.91. The predicted molar refractivity (Wildman–Crippen MR) is 156 cm³/mol. The number of hydrazone groups is 1. The standard InChI is InChI=1S/C32H41ClN2O7/c1-19-13-21(33)3-4-26(19)41-17-27(37)35-34-18-30-10-5-22(36)15-31(30,39)11-7-25-24(30)6-9-29(2)23(8-12-32(25,29)40)20-14-28(38)42-16-20/h3-4,13-14,18,22-25,36,39-40H,5-12,15-17H2,1-2H3,(H,35,37)/b34-18-/t22-,23-,24+,25-,29-,30+,31+,32-/m1/s1. The number of rotatable bonds is 6. The number of nitrogens with one attached hydrogen (secondary N) is 1. The lowest BCUT2D eigenvalue weighted by Crippen LogP contribution is -2.68. The number of fused-ring (bicyclic) bond motifs is 5. The van der Waals surface area contributed by atoms with Crippen LogP contribution < -0.4 is 10.2 Å². The molecule has 1 amide bonds. The largest absolute Gasteiger partial charge is 0.483 e. The molecule has 1 aromatic rings. The SMILES string of the molecule is Cc1cc(Cl)ccc1OCC(=O)N/N=C\[C@]12CC[C@@H](O)C[C@@]1(O)CC[C@@H]1[C@@H]2CC[C@]2(C)[C@@H](C3=CC(=O)OC3)CC[C@@]12O. The molecule has 8 atom stereocenters. The third-order valence-corrected chi connectivity index (χ3v) is 11.9. The number of benzene rings is 1. The summed E-state index contributed by atoms with van der Waals surface area (Å²) in [7, 11) is 0. The van der Waals surface area contributed by atoms with Gasteiger partial charge in [-0.15, -0.1) is 0 Å². The topological polar surface area (TPSA) is 138 Å². The summed E-state index contributed by atoms with van der Waals surface area (Å²) in [5.74, 6) is -0.290. The van der Waals surface area contributed by atoms with Gasteiger partial charge in [-0.25, -0.2) is 10.2 Å². The number of amides is 1. The van der Waals surface area contributed by atoms with Crippen molar-refractivity contribution in [2.45, 2.75) is 88.9 Å². The number of esters is 1. The molecule has 4 saturated carbocycles. The minimum absolute atomic E-state index is 0.0667. The van der Waals surface area contributed by atoms with Crippen LogP contribution in [0, 0.1) is 35.5 Å². The third-order valence-electron chi connectivity index (χ3n) is 11.6. The molecule has 0 unspecified atom stereocenters. The van der Waals surface area contributed by atoms with Gasteiger partial charge in [-0.05, 0) is 105 Å². The second-order valence-electron chi connectivity index (χ2n) is 13.5. The second-order valence-corrected chi connectivity index (χ2v) is 13.9. The molecule has 1 aliphatic heterocycles. The van der Waals surface area contributed by atoms with E-state index in [4.69, 9.17) is 21.1 Å². The van der Waals surface area contributed by atoms with Gasteiger partial charge >= 0.3 is 5.97 Å². The van der Waals surface area contributed by atoms with Crippen molar-refractivity contribution in [3.63, 3.8) is 0 Å². The normalized spacial score (nSPS) is 41.0. The molecule has 10 heteroatoms. The number of carbonyl (C=O) groups excluding carboxylic acids is 2. The van der Waals surface area contributed by atoms with E-state index in [1.165, 1.54) is 0 Å². The molecule has 0 aromatic heterocycles. The Balaban J connectivity index is 1.23. The first kappa shape index (κ1) is 29.6. The molecular weight excluding hydrogens is 560 g/mol. The summed E-state index contributed by atoms with van der Waals surface area (Å²) in [6.45, 7) is 4.06. The number of aliphatic hydroxyl groups is 3. The van der Waals surface area contributed by atoms with Crippen LogP contribution in [-0.4, -0.2) is 63.9 Å². The van der Waals surface area contributed by atoms with Crippen LogP contribution in [0.4, 0.5) is 0 Å². The van der Waals surface area contributed by atoms with E-state index in [2.05, 4.69) is 17.5 Å².